The molecule has 3 aromatic rings. The molecule has 226 valence electrons. The topological polar surface area (TPSA) is 118 Å². The molecule has 2 bridgehead atoms. The summed E-state index contributed by atoms with van der Waals surface area (Å²) >= 11 is 0. The van der Waals surface area contributed by atoms with Crippen LogP contribution in [0.5, 0.6) is 0 Å². The Balaban J connectivity index is 1.24. The summed E-state index contributed by atoms with van der Waals surface area (Å²) in [5, 5.41) is 23.8. The summed E-state index contributed by atoms with van der Waals surface area (Å²) in [5.41, 5.74) is 1.87. The predicted molar refractivity (Wildman–Crippen MR) is 162 cm³/mol. The third kappa shape index (κ3) is 5.69. The third-order valence-corrected chi connectivity index (χ3v) is 11.6. The van der Waals surface area contributed by atoms with Crippen LogP contribution in [0.3, 0.4) is 0 Å². The average Bonchev–Trinajstić information content (AvgIpc) is 3.36. The molecule has 3 N–H and O–H groups in total. The van der Waals surface area contributed by atoms with Crippen LogP contribution in [0.1, 0.15) is 75.7 Å². The summed E-state index contributed by atoms with van der Waals surface area (Å²) in [5.74, 6) is -0.826. The standard InChI is InChI=1S/C32H42BNO7S/c1-31(2)23-17-28(31)32(3,35)29(18-23)41-33(36)30(16-22-19-40-27-13-7-6-12-25(22)27)34-42(37,38)20-21-10-4-5-11-24(21)26-14-8-9-15-39-26/h4-7,10-13,19,23,26,28-30,34-36H,8-9,14-18,20H2,1-3H3/t23-,26+,28-,29+,30-,32-/m0/s1. The molecule has 1 aromatic heterocycles. The van der Waals surface area contributed by atoms with Gasteiger partial charge in [-0.2, -0.15) is 0 Å². The van der Waals surface area contributed by atoms with Gasteiger partial charge in [0.2, 0.25) is 10.0 Å². The maximum Gasteiger partial charge on any atom is 0.474 e. The molecule has 4 fully saturated rings. The number of para-hydroxylation sites is 1. The highest BCUT2D eigenvalue weighted by Crippen LogP contribution is 2.63. The van der Waals surface area contributed by atoms with Gasteiger partial charge in [0.25, 0.3) is 0 Å². The van der Waals surface area contributed by atoms with Crippen molar-refractivity contribution < 1.29 is 32.4 Å². The van der Waals surface area contributed by atoms with Gasteiger partial charge in [-0.1, -0.05) is 56.3 Å². The van der Waals surface area contributed by atoms with E-state index < -0.39 is 34.8 Å². The van der Waals surface area contributed by atoms with E-state index in [4.69, 9.17) is 13.8 Å². The third-order valence-electron chi connectivity index (χ3n) is 10.2. The smallest absolute Gasteiger partial charge is 0.464 e. The number of benzene rings is 2. The van der Waals surface area contributed by atoms with Gasteiger partial charge in [0.1, 0.15) is 5.58 Å². The Kier molecular flexibility index (Phi) is 8.08. The Bertz CT molecular complexity index is 1510. The van der Waals surface area contributed by atoms with Crippen molar-refractivity contribution in [2.75, 3.05) is 6.61 Å². The van der Waals surface area contributed by atoms with Crippen molar-refractivity contribution in [2.24, 2.45) is 17.3 Å². The zero-order valence-corrected chi connectivity index (χ0v) is 25.5. The van der Waals surface area contributed by atoms with Crippen LogP contribution in [0.4, 0.5) is 0 Å². The van der Waals surface area contributed by atoms with E-state index in [9.17, 15) is 18.5 Å². The minimum atomic E-state index is -3.93. The minimum Gasteiger partial charge on any atom is -0.464 e. The van der Waals surface area contributed by atoms with Gasteiger partial charge in [0.15, 0.2) is 0 Å². The highest BCUT2D eigenvalue weighted by molar-refractivity contribution is 7.88. The molecule has 0 radical (unpaired) electrons. The van der Waals surface area contributed by atoms with Gasteiger partial charge in [-0.15, -0.1) is 0 Å². The van der Waals surface area contributed by atoms with Crippen LogP contribution in [0.25, 0.3) is 11.0 Å². The highest BCUT2D eigenvalue weighted by Gasteiger charge is 2.63. The molecule has 1 aliphatic heterocycles. The molecule has 6 atom stereocenters. The van der Waals surface area contributed by atoms with Crippen molar-refractivity contribution >= 4 is 28.1 Å². The first-order chi connectivity index (χ1) is 20.0. The second-order valence-electron chi connectivity index (χ2n) is 13.3. The number of rotatable bonds is 10. The second kappa shape index (κ2) is 11.4. The zero-order valence-electron chi connectivity index (χ0n) is 24.7. The van der Waals surface area contributed by atoms with Crippen LogP contribution < -0.4 is 4.72 Å². The van der Waals surface area contributed by atoms with Crippen molar-refractivity contribution in [3.8, 4) is 0 Å². The van der Waals surface area contributed by atoms with Crippen molar-refractivity contribution in [1.29, 1.82) is 0 Å². The lowest BCUT2D eigenvalue weighted by Gasteiger charge is -2.65. The van der Waals surface area contributed by atoms with Gasteiger partial charge in [-0.3, -0.25) is 0 Å². The lowest BCUT2D eigenvalue weighted by Crippen LogP contribution is -2.68. The van der Waals surface area contributed by atoms with E-state index in [1.165, 1.54) is 0 Å². The summed E-state index contributed by atoms with van der Waals surface area (Å²) in [6.45, 7) is 6.78. The number of fused-ring (bicyclic) bond motifs is 3. The molecule has 10 heteroatoms. The highest BCUT2D eigenvalue weighted by atomic mass is 32.2. The van der Waals surface area contributed by atoms with E-state index >= 15 is 0 Å². The van der Waals surface area contributed by atoms with Crippen LogP contribution in [-0.2, 0) is 31.6 Å². The van der Waals surface area contributed by atoms with Gasteiger partial charge in [-0.05, 0) is 85.5 Å². The number of hydrogen-bond donors (Lipinski definition) is 3. The van der Waals surface area contributed by atoms with Crippen LogP contribution in [0, 0.1) is 17.3 Å². The molecule has 2 aromatic carbocycles. The molecular formula is C32H42BNO7S. The zero-order chi connectivity index (χ0) is 29.7. The fraction of sp³-hybridized carbons (Fsp3) is 0.562. The van der Waals surface area contributed by atoms with Gasteiger partial charge >= 0.3 is 7.12 Å². The molecule has 7 rings (SSSR count). The molecule has 1 saturated heterocycles. The first-order valence-electron chi connectivity index (χ1n) is 15.2. The fourth-order valence-electron chi connectivity index (χ4n) is 7.66. The van der Waals surface area contributed by atoms with E-state index in [0.29, 0.717) is 30.1 Å². The summed E-state index contributed by atoms with van der Waals surface area (Å²) in [6.07, 6.45) is 5.45. The van der Waals surface area contributed by atoms with E-state index in [0.717, 1.165) is 42.2 Å². The van der Waals surface area contributed by atoms with Crippen LogP contribution in [0.15, 0.2) is 59.2 Å². The average molecular weight is 596 g/mol. The van der Waals surface area contributed by atoms with Gasteiger partial charge in [0.05, 0.1) is 35.8 Å². The van der Waals surface area contributed by atoms with Crippen molar-refractivity contribution in [1.82, 2.24) is 4.72 Å². The number of nitrogens with one attached hydrogen (secondary N) is 1. The van der Waals surface area contributed by atoms with Gasteiger partial charge in [-0.25, -0.2) is 13.1 Å². The van der Waals surface area contributed by atoms with E-state index in [-0.39, 0.29) is 29.6 Å². The summed E-state index contributed by atoms with van der Waals surface area (Å²) in [4.78, 5) is 0. The maximum atomic E-state index is 13.7. The number of ether oxygens (including phenoxy) is 1. The molecule has 0 unspecified atom stereocenters. The van der Waals surface area contributed by atoms with E-state index in [1.54, 1.807) is 13.2 Å². The molecule has 42 heavy (non-hydrogen) atoms. The summed E-state index contributed by atoms with van der Waals surface area (Å²) < 4.78 is 48.0. The minimum absolute atomic E-state index is 0.000446. The maximum absolute atomic E-state index is 13.7. The summed E-state index contributed by atoms with van der Waals surface area (Å²) in [7, 11) is -5.41. The Morgan fingerprint density at radius 3 is 2.57 bits per heavy atom. The first-order valence-corrected chi connectivity index (χ1v) is 16.8. The largest absolute Gasteiger partial charge is 0.474 e. The van der Waals surface area contributed by atoms with Crippen molar-refractivity contribution in [2.45, 2.75) is 88.8 Å². The molecule has 0 spiro atoms. The van der Waals surface area contributed by atoms with Gasteiger partial charge < -0.3 is 23.9 Å². The molecule has 3 saturated carbocycles. The van der Waals surface area contributed by atoms with Crippen LogP contribution in [-0.4, -0.2) is 49.9 Å². The lowest BCUT2D eigenvalue weighted by atomic mass is 9.43. The number of sulfonamides is 1. The monoisotopic (exact) mass is 595 g/mol. The van der Waals surface area contributed by atoms with Crippen LogP contribution >= 0.6 is 0 Å². The molecule has 3 aliphatic carbocycles. The normalized spacial score (nSPS) is 29.6. The molecule has 0 amide bonds. The van der Waals surface area contributed by atoms with Crippen LogP contribution in [0.2, 0.25) is 0 Å². The van der Waals surface area contributed by atoms with E-state index in [1.807, 2.05) is 48.5 Å². The van der Waals surface area contributed by atoms with Crippen molar-refractivity contribution in [3.05, 3.63) is 71.5 Å². The SMILES string of the molecule is CC1(C)[C@@H]2C[C@@H](OB(O)[C@H](Cc3coc4ccccc34)NS(=O)(=O)Cc3ccccc3[C@H]3CCCCO3)[C@@](C)(O)[C@H]1C2. The summed E-state index contributed by atoms with van der Waals surface area (Å²) in [6, 6.07) is 15.0. The lowest BCUT2D eigenvalue weighted by molar-refractivity contribution is -0.241. The van der Waals surface area contributed by atoms with E-state index in [2.05, 4.69) is 18.6 Å². The fourth-order valence-corrected chi connectivity index (χ4v) is 9.07. The Hall–Kier alpha value is -2.21. The number of aliphatic hydroxyl groups is 1. The Morgan fingerprint density at radius 2 is 1.83 bits per heavy atom. The molecular weight excluding hydrogens is 553 g/mol. The number of furan rings is 1. The Morgan fingerprint density at radius 1 is 1.07 bits per heavy atom. The molecule has 8 nitrogen and oxygen atoms in total. The second-order valence-corrected chi connectivity index (χ2v) is 15.0. The Labute approximate surface area is 249 Å². The van der Waals surface area contributed by atoms with Crippen molar-refractivity contribution in [3.63, 3.8) is 0 Å². The predicted octanol–water partition coefficient (Wildman–Crippen LogP) is 4.93. The number of hydrogen-bond acceptors (Lipinski definition) is 7. The molecule has 4 aliphatic rings. The quantitative estimate of drug-likeness (QED) is 0.285. The van der Waals surface area contributed by atoms with Gasteiger partial charge in [0, 0.05) is 12.0 Å². The first kappa shape index (κ1) is 29.8. The molecule has 2 heterocycles.